The van der Waals surface area contributed by atoms with E-state index in [1.54, 1.807) is 39.8 Å². The van der Waals surface area contributed by atoms with Crippen molar-refractivity contribution in [3.05, 3.63) is 23.8 Å². The first-order chi connectivity index (χ1) is 15.3. The molecular weight excluding hydrogens is 432 g/mol. The molecule has 0 aromatic heterocycles. The molecule has 0 saturated carbocycles. The molecule has 0 aromatic carbocycles. The highest BCUT2D eigenvalue weighted by atomic mass is 16.7. The predicted molar refractivity (Wildman–Crippen MR) is 112 cm³/mol. The molecule has 9 nitrogen and oxygen atoms in total. The highest BCUT2D eigenvalue weighted by Gasteiger charge is 2.86. The standard InChI is InChI=1S/C24H30O9/c1-11-9-16(30-13(3)25)20(31-14(4)26)22(5)8-7-15(27)12(2)18(22)19(28)24-17(10-11)32-21(29)23(24,6)33-24/h7-8,10,12,16-20,28H,9H2,1-6H3/b11-10-/t12-,16-,17-,18+,19+,20-,22-,23+,24-/m0/s1. The number of epoxide rings is 1. The van der Waals surface area contributed by atoms with Crippen LogP contribution in [0.15, 0.2) is 23.8 Å². The zero-order valence-corrected chi connectivity index (χ0v) is 19.6. The average molecular weight is 462 g/mol. The molecule has 4 aliphatic rings. The van der Waals surface area contributed by atoms with Gasteiger partial charge in [0.2, 0.25) is 0 Å². The monoisotopic (exact) mass is 462 g/mol. The van der Waals surface area contributed by atoms with Crippen LogP contribution in [0.1, 0.15) is 48.0 Å². The summed E-state index contributed by atoms with van der Waals surface area (Å²) in [5.41, 5.74) is -3.17. The molecule has 4 rings (SSSR count). The third-order valence-electron chi connectivity index (χ3n) is 7.74. The molecule has 0 amide bonds. The van der Waals surface area contributed by atoms with Crippen LogP contribution in [0.25, 0.3) is 0 Å². The maximum absolute atomic E-state index is 12.7. The summed E-state index contributed by atoms with van der Waals surface area (Å²) in [6.07, 6.45) is 0.757. The molecule has 33 heavy (non-hydrogen) atoms. The molecule has 2 aliphatic carbocycles. The number of esters is 3. The number of ketones is 1. The van der Waals surface area contributed by atoms with Gasteiger partial charge < -0.3 is 24.1 Å². The summed E-state index contributed by atoms with van der Waals surface area (Å²) >= 11 is 0. The molecule has 0 aromatic rings. The highest BCUT2D eigenvalue weighted by Crippen LogP contribution is 2.63. The largest absolute Gasteiger partial charge is 0.458 e. The van der Waals surface area contributed by atoms with Gasteiger partial charge >= 0.3 is 17.9 Å². The molecule has 1 N–H and O–H groups in total. The van der Waals surface area contributed by atoms with Gasteiger partial charge in [0.1, 0.15) is 12.2 Å². The number of carbonyl (C=O) groups is 4. The molecule has 2 fully saturated rings. The molecule has 0 bridgehead atoms. The van der Waals surface area contributed by atoms with Crippen LogP contribution >= 0.6 is 0 Å². The lowest BCUT2D eigenvalue weighted by Gasteiger charge is -2.50. The zero-order chi connectivity index (χ0) is 24.5. The fraction of sp³-hybridized carbons (Fsp3) is 0.667. The molecule has 0 unspecified atom stereocenters. The van der Waals surface area contributed by atoms with Crippen molar-refractivity contribution in [2.24, 2.45) is 17.3 Å². The SMILES string of the molecule is CC(=O)O[C@H]1C/C(C)=C\[C@@H]2OC(=O)[C@@]3(C)O[C@]23[C@H](O)[C@H]2[C@@H](C)C(=O)C=C[C@]2(C)[C@H]1OC(C)=O. The van der Waals surface area contributed by atoms with E-state index < -0.39 is 70.8 Å². The Kier molecular flexibility index (Phi) is 5.37. The second kappa shape index (κ2) is 7.50. The number of hydrogen-bond acceptors (Lipinski definition) is 9. The van der Waals surface area contributed by atoms with Gasteiger partial charge in [0.25, 0.3) is 0 Å². The van der Waals surface area contributed by atoms with Crippen molar-refractivity contribution in [1.82, 2.24) is 0 Å². The number of aliphatic hydroxyl groups is 1. The lowest BCUT2D eigenvalue weighted by atomic mass is 9.57. The van der Waals surface area contributed by atoms with Crippen molar-refractivity contribution in [2.45, 2.75) is 83.6 Å². The van der Waals surface area contributed by atoms with E-state index >= 15 is 0 Å². The van der Waals surface area contributed by atoms with Crippen molar-refractivity contribution in [2.75, 3.05) is 0 Å². The number of allylic oxidation sites excluding steroid dienone is 1. The molecule has 2 aliphatic heterocycles. The second-order valence-corrected chi connectivity index (χ2v) is 10.0. The summed E-state index contributed by atoms with van der Waals surface area (Å²) in [7, 11) is 0. The average Bonchev–Trinajstić information content (AvgIpc) is 3.29. The topological polar surface area (TPSA) is 129 Å². The van der Waals surface area contributed by atoms with E-state index in [-0.39, 0.29) is 12.2 Å². The van der Waals surface area contributed by atoms with Crippen molar-refractivity contribution >= 4 is 23.7 Å². The smallest absolute Gasteiger partial charge is 0.342 e. The number of fused-ring (bicyclic) bond motifs is 1. The summed E-state index contributed by atoms with van der Waals surface area (Å²) < 4.78 is 22.9. The molecule has 0 radical (unpaired) electrons. The van der Waals surface area contributed by atoms with Crippen molar-refractivity contribution in [1.29, 1.82) is 0 Å². The van der Waals surface area contributed by atoms with Crippen molar-refractivity contribution in [3.8, 4) is 0 Å². The van der Waals surface area contributed by atoms with E-state index in [0.717, 1.165) is 0 Å². The molecule has 9 atom stereocenters. The van der Waals surface area contributed by atoms with Crippen LogP contribution in [-0.4, -0.2) is 64.4 Å². The Morgan fingerprint density at radius 2 is 1.79 bits per heavy atom. The number of hydrogen-bond donors (Lipinski definition) is 1. The normalized spacial score (nSPS) is 47.8. The van der Waals surface area contributed by atoms with Gasteiger partial charge in [-0.25, -0.2) is 4.79 Å². The number of aliphatic hydroxyl groups excluding tert-OH is 1. The summed E-state index contributed by atoms with van der Waals surface area (Å²) in [6, 6.07) is 0. The third kappa shape index (κ3) is 3.27. The van der Waals surface area contributed by atoms with E-state index in [1.165, 1.54) is 19.9 Å². The quantitative estimate of drug-likeness (QED) is 0.280. The van der Waals surface area contributed by atoms with E-state index in [4.69, 9.17) is 18.9 Å². The van der Waals surface area contributed by atoms with Crippen molar-refractivity contribution < 1.29 is 43.2 Å². The van der Waals surface area contributed by atoms with Crippen LogP contribution in [0, 0.1) is 17.3 Å². The maximum Gasteiger partial charge on any atom is 0.342 e. The Bertz CT molecular complexity index is 982. The minimum atomic E-state index is -1.38. The first-order valence-corrected chi connectivity index (χ1v) is 11.1. The van der Waals surface area contributed by atoms with Gasteiger partial charge in [0, 0.05) is 37.5 Å². The van der Waals surface area contributed by atoms with Crippen LogP contribution in [-0.2, 0) is 38.1 Å². The minimum absolute atomic E-state index is 0.187. The summed E-state index contributed by atoms with van der Waals surface area (Å²) in [6.45, 7) is 9.30. The van der Waals surface area contributed by atoms with Gasteiger partial charge in [-0.2, -0.15) is 0 Å². The van der Waals surface area contributed by atoms with Crippen LogP contribution in [0.5, 0.6) is 0 Å². The fourth-order valence-corrected chi connectivity index (χ4v) is 6.08. The molecule has 2 saturated heterocycles. The Balaban J connectivity index is 1.94. The number of carbonyl (C=O) groups excluding carboxylic acids is 4. The third-order valence-corrected chi connectivity index (χ3v) is 7.74. The van der Waals surface area contributed by atoms with E-state index in [9.17, 15) is 24.3 Å². The lowest BCUT2D eigenvalue weighted by Crippen LogP contribution is -2.60. The van der Waals surface area contributed by atoms with E-state index in [2.05, 4.69) is 0 Å². The maximum atomic E-state index is 12.7. The van der Waals surface area contributed by atoms with Gasteiger partial charge in [-0.15, -0.1) is 0 Å². The van der Waals surface area contributed by atoms with Crippen LogP contribution in [0.3, 0.4) is 0 Å². The number of ether oxygens (including phenoxy) is 4. The second-order valence-electron chi connectivity index (χ2n) is 10.0. The first kappa shape index (κ1) is 23.6. The van der Waals surface area contributed by atoms with Crippen LogP contribution in [0.4, 0.5) is 0 Å². The van der Waals surface area contributed by atoms with Gasteiger partial charge in [-0.05, 0) is 26.0 Å². The Labute approximate surface area is 192 Å². The van der Waals surface area contributed by atoms with Gasteiger partial charge in [-0.1, -0.05) is 25.5 Å². The minimum Gasteiger partial charge on any atom is -0.458 e. The predicted octanol–water partition coefficient (Wildman–Crippen LogP) is 1.41. The Hall–Kier alpha value is -2.52. The van der Waals surface area contributed by atoms with E-state index in [1.807, 2.05) is 0 Å². The van der Waals surface area contributed by atoms with Gasteiger partial charge in [0.15, 0.2) is 23.1 Å². The van der Waals surface area contributed by atoms with Gasteiger partial charge in [0.05, 0.1) is 6.10 Å². The Morgan fingerprint density at radius 3 is 2.36 bits per heavy atom. The molecule has 2 heterocycles. The summed E-state index contributed by atoms with van der Waals surface area (Å²) in [4.78, 5) is 49.5. The fourth-order valence-electron chi connectivity index (χ4n) is 6.08. The summed E-state index contributed by atoms with van der Waals surface area (Å²) in [5.74, 6) is -3.49. The first-order valence-electron chi connectivity index (χ1n) is 11.1. The zero-order valence-electron chi connectivity index (χ0n) is 19.6. The Morgan fingerprint density at radius 1 is 1.15 bits per heavy atom. The van der Waals surface area contributed by atoms with E-state index in [0.29, 0.717) is 5.57 Å². The lowest BCUT2D eigenvalue weighted by molar-refractivity contribution is -0.187. The van der Waals surface area contributed by atoms with Crippen LogP contribution in [0.2, 0.25) is 0 Å². The number of rotatable bonds is 2. The van der Waals surface area contributed by atoms with Crippen LogP contribution < -0.4 is 0 Å². The molecular formula is C24H30O9. The van der Waals surface area contributed by atoms with Gasteiger partial charge in [-0.3, -0.25) is 14.4 Å². The summed E-state index contributed by atoms with van der Waals surface area (Å²) in [5, 5.41) is 11.8. The molecule has 1 spiro atoms. The van der Waals surface area contributed by atoms with Crippen molar-refractivity contribution in [3.63, 3.8) is 0 Å². The highest BCUT2D eigenvalue weighted by molar-refractivity contribution is 5.93. The molecule has 180 valence electrons. The molecule has 9 heteroatoms.